The molecule has 1 aliphatic heterocycles. The second-order valence-corrected chi connectivity index (χ2v) is 7.66. The van der Waals surface area contributed by atoms with Crippen LogP contribution in [-0.4, -0.2) is 38.8 Å². The van der Waals surface area contributed by atoms with Gasteiger partial charge in [0.25, 0.3) is 0 Å². The number of carbonyl (C=O) groups excluding carboxylic acids is 1. The van der Waals surface area contributed by atoms with Gasteiger partial charge in [-0.3, -0.25) is 4.79 Å². The molecular weight excluding hydrogens is 226 g/mol. The van der Waals surface area contributed by atoms with Gasteiger partial charge in [0.15, 0.2) is 6.04 Å². The minimum atomic E-state index is -1.11. The van der Waals surface area contributed by atoms with Crippen LogP contribution in [0.3, 0.4) is 0 Å². The van der Waals surface area contributed by atoms with Crippen LogP contribution in [0.1, 0.15) is 33.6 Å². The highest BCUT2D eigenvalue weighted by Gasteiger charge is 2.67. The van der Waals surface area contributed by atoms with Gasteiger partial charge in [0.05, 0.1) is 13.2 Å². The van der Waals surface area contributed by atoms with Crippen LogP contribution >= 0.6 is 0 Å². The lowest BCUT2D eigenvalue weighted by molar-refractivity contribution is -0.140. The van der Waals surface area contributed by atoms with Crippen molar-refractivity contribution >= 4 is 17.3 Å². The van der Waals surface area contributed by atoms with E-state index in [2.05, 4.69) is 0 Å². The van der Waals surface area contributed by atoms with Gasteiger partial charge in [-0.1, -0.05) is 0 Å². The SMILES string of the molecule is COC(=O)[C@H]1[C@@H](C2CC2)N1[S@+]([O-])C(C)(C)C. The van der Waals surface area contributed by atoms with Crippen LogP contribution in [0.2, 0.25) is 0 Å². The summed E-state index contributed by atoms with van der Waals surface area (Å²) in [6.45, 7) is 5.79. The summed E-state index contributed by atoms with van der Waals surface area (Å²) in [4.78, 5) is 11.6. The monoisotopic (exact) mass is 245 g/mol. The molecule has 5 heteroatoms. The van der Waals surface area contributed by atoms with E-state index in [-0.39, 0.29) is 22.8 Å². The Morgan fingerprint density at radius 1 is 1.44 bits per heavy atom. The lowest BCUT2D eigenvalue weighted by Gasteiger charge is -2.24. The molecule has 2 rings (SSSR count). The third kappa shape index (κ3) is 2.08. The predicted octanol–water partition coefficient (Wildman–Crippen LogP) is 1.08. The van der Waals surface area contributed by atoms with Crippen molar-refractivity contribution in [2.45, 2.75) is 50.4 Å². The largest absolute Gasteiger partial charge is 0.597 e. The fraction of sp³-hybridized carbons (Fsp3) is 0.909. The molecule has 2 aliphatic rings. The molecule has 92 valence electrons. The Morgan fingerprint density at radius 3 is 2.38 bits per heavy atom. The fourth-order valence-electron chi connectivity index (χ4n) is 2.03. The maximum absolute atomic E-state index is 12.2. The van der Waals surface area contributed by atoms with Gasteiger partial charge in [-0.25, -0.2) is 0 Å². The van der Waals surface area contributed by atoms with Crippen molar-refractivity contribution in [3.63, 3.8) is 0 Å². The Kier molecular flexibility index (Phi) is 2.97. The highest BCUT2D eigenvalue weighted by atomic mass is 32.2. The number of esters is 1. The zero-order chi connectivity index (χ0) is 12.1. The highest BCUT2D eigenvalue weighted by molar-refractivity contribution is 7.90. The van der Waals surface area contributed by atoms with Crippen LogP contribution in [0.25, 0.3) is 0 Å². The Hall–Kier alpha value is -0.260. The predicted molar refractivity (Wildman–Crippen MR) is 62.1 cm³/mol. The van der Waals surface area contributed by atoms with Gasteiger partial charge < -0.3 is 9.29 Å². The molecule has 4 atom stereocenters. The average Bonchev–Trinajstić information content (AvgIpc) is 3.03. The van der Waals surface area contributed by atoms with Gasteiger partial charge in [-0.2, -0.15) is 0 Å². The molecular formula is C11H19NO3S. The summed E-state index contributed by atoms with van der Waals surface area (Å²) in [5, 5.41) is 0. The molecule has 0 aromatic carbocycles. The van der Waals surface area contributed by atoms with E-state index in [4.69, 9.17) is 4.74 Å². The molecule has 1 saturated carbocycles. The van der Waals surface area contributed by atoms with Crippen molar-refractivity contribution in [3.05, 3.63) is 0 Å². The topological polar surface area (TPSA) is 52.4 Å². The quantitative estimate of drug-likeness (QED) is 0.424. The second kappa shape index (κ2) is 3.89. The van der Waals surface area contributed by atoms with Crippen LogP contribution < -0.4 is 0 Å². The van der Waals surface area contributed by atoms with Crippen molar-refractivity contribution in [3.8, 4) is 0 Å². The maximum Gasteiger partial charge on any atom is 0.329 e. The third-order valence-corrected chi connectivity index (χ3v) is 4.97. The van der Waals surface area contributed by atoms with Gasteiger partial charge in [0.1, 0.15) is 4.75 Å². The zero-order valence-corrected chi connectivity index (χ0v) is 11.0. The van der Waals surface area contributed by atoms with E-state index in [0.717, 1.165) is 12.8 Å². The molecule has 0 spiro atoms. The number of carbonyl (C=O) groups is 1. The van der Waals surface area contributed by atoms with E-state index in [0.29, 0.717) is 5.92 Å². The summed E-state index contributed by atoms with van der Waals surface area (Å²) >= 11 is -1.11. The Morgan fingerprint density at radius 2 is 2.00 bits per heavy atom. The molecule has 1 saturated heterocycles. The van der Waals surface area contributed by atoms with E-state index in [9.17, 15) is 9.35 Å². The van der Waals surface area contributed by atoms with Gasteiger partial charge in [-0.05, 0) is 39.5 Å². The molecule has 0 aromatic rings. The molecule has 1 aliphatic carbocycles. The second-order valence-electron chi connectivity index (χ2n) is 5.52. The number of rotatable bonds is 3. The summed E-state index contributed by atoms with van der Waals surface area (Å²) < 4.78 is 18.5. The average molecular weight is 245 g/mol. The lowest BCUT2D eigenvalue weighted by atomic mass is 10.2. The molecule has 16 heavy (non-hydrogen) atoms. The minimum absolute atomic E-state index is 0.160. The Balaban J connectivity index is 2.06. The summed E-state index contributed by atoms with van der Waals surface area (Å²) in [7, 11) is 1.39. The van der Waals surface area contributed by atoms with E-state index in [1.807, 2.05) is 25.1 Å². The first-order valence-electron chi connectivity index (χ1n) is 5.66. The summed E-state index contributed by atoms with van der Waals surface area (Å²) in [5.41, 5.74) is 0. The van der Waals surface area contributed by atoms with Crippen LogP contribution in [0.5, 0.6) is 0 Å². The first kappa shape index (κ1) is 12.2. The van der Waals surface area contributed by atoms with Gasteiger partial charge >= 0.3 is 5.97 Å². The first-order chi connectivity index (χ1) is 7.38. The number of ether oxygens (including phenoxy) is 1. The highest BCUT2D eigenvalue weighted by Crippen LogP contribution is 2.50. The maximum atomic E-state index is 12.2. The van der Waals surface area contributed by atoms with Crippen molar-refractivity contribution in [2.24, 2.45) is 5.92 Å². The van der Waals surface area contributed by atoms with Crippen molar-refractivity contribution in [1.82, 2.24) is 4.31 Å². The molecule has 1 unspecified atom stereocenters. The van der Waals surface area contributed by atoms with Crippen LogP contribution in [0.4, 0.5) is 0 Å². The Bertz CT molecular complexity index is 298. The normalized spacial score (nSPS) is 35.7. The third-order valence-electron chi connectivity index (χ3n) is 3.06. The van der Waals surface area contributed by atoms with Crippen molar-refractivity contribution in [1.29, 1.82) is 0 Å². The molecule has 0 N–H and O–H groups in total. The molecule has 0 radical (unpaired) electrons. The smallest absolute Gasteiger partial charge is 0.329 e. The fourth-order valence-corrected chi connectivity index (χ4v) is 3.53. The van der Waals surface area contributed by atoms with E-state index in [1.54, 1.807) is 0 Å². The molecule has 1 heterocycles. The van der Waals surface area contributed by atoms with Crippen LogP contribution in [-0.2, 0) is 20.9 Å². The van der Waals surface area contributed by atoms with E-state index < -0.39 is 11.4 Å². The van der Waals surface area contributed by atoms with Gasteiger partial charge in [0.2, 0.25) is 0 Å². The first-order valence-corrected chi connectivity index (χ1v) is 6.76. The van der Waals surface area contributed by atoms with Gasteiger partial charge in [0, 0.05) is 11.4 Å². The standard InChI is InChI=1S/C11H19NO3S/c1-11(2,3)16(14)12-8(7-5-6-7)9(12)10(13)15-4/h7-9H,5-6H2,1-4H3/t8-,9-,12?,16-/m1/s1. The molecule has 2 fully saturated rings. The van der Waals surface area contributed by atoms with E-state index >= 15 is 0 Å². The lowest BCUT2D eigenvalue weighted by Crippen LogP contribution is -2.36. The minimum Gasteiger partial charge on any atom is -0.597 e. The number of nitrogens with zero attached hydrogens (tertiary/aromatic N) is 1. The molecule has 0 amide bonds. The summed E-state index contributed by atoms with van der Waals surface area (Å²) in [5.74, 6) is 0.310. The zero-order valence-electron chi connectivity index (χ0n) is 10.2. The summed E-state index contributed by atoms with van der Waals surface area (Å²) in [6.07, 6.45) is 2.30. The molecule has 0 aromatic heterocycles. The number of hydrogen-bond donors (Lipinski definition) is 0. The van der Waals surface area contributed by atoms with Crippen LogP contribution in [0, 0.1) is 5.92 Å². The molecule has 0 bridgehead atoms. The van der Waals surface area contributed by atoms with Crippen LogP contribution in [0.15, 0.2) is 0 Å². The summed E-state index contributed by atoms with van der Waals surface area (Å²) in [6, 6.07) is -0.106. The molecule has 4 nitrogen and oxygen atoms in total. The van der Waals surface area contributed by atoms with Gasteiger partial charge in [-0.15, -0.1) is 4.31 Å². The van der Waals surface area contributed by atoms with E-state index in [1.165, 1.54) is 7.11 Å². The number of hydrogen-bond acceptors (Lipinski definition) is 4. The van der Waals surface area contributed by atoms with Crippen molar-refractivity contribution < 1.29 is 14.1 Å². The Labute approximate surface area is 99.6 Å². The number of methoxy groups -OCH3 is 1. The van der Waals surface area contributed by atoms with Crippen molar-refractivity contribution in [2.75, 3.05) is 7.11 Å².